The highest BCUT2D eigenvalue weighted by Crippen LogP contribution is 2.30. The van der Waals surface area contributed by atoms with Gasteiger partial charge in [0.25, 0.3) is 0 Å². The molecule has 0 spiro atoms. The number of benzene rings is 1. The summed E-state index contributed by atoms with van der Waals surface area (Å²) < 4.78 is 19.7. The summed E-state index contributed by atoms with van der Waals surface area (Å²) in [5.41, 5.74) is 2.63. The number of para-hydroxylation sites is 1. The van der Waals surface area contributed by atoms with Crippen molar-refractivity contribution in [2.24, 2.45) is 5.92 Å². The van der Waals surface area contributed by atoms with E-state index in [4.69, 9.17) is 24.2 Å². The molecule has 0 aliphatic carbocycles. The number of anilines is 1. The zero-order chi connectivity index (χ0) is 63.0. The van der Waals surface area contributed by atoms with Crippen molar-refractivity contribution in [3.63, 3.8) is 0 Å². The number of pyridine rings is 1. The molecule has 2 heterocycles. The van der Waals surface area contributed by atoms with E-state index in [1.54, 1.807) is 0 Å². The number of ether oxygens (including phenoxy) is 3. The van der Waals surface area contributed by atoms with Gasteiger partial charge in [-0.05, 0) is 167 Å². The van der Waals surface area contributed by atoms with Gasteiger partial charge in [-0.25, -0.2) is 9.97 Å². The first-order valence-electron chi connectivity index (χ1n) is 36.5. The molecule has 498 valence electrons. The van der Waals surface area contributed by atoms with Crippen LogP contribution in [0.5, 0.6) is 0 Å². The van der Waals surface area contributed by atoms with Crippen LogP contribution in [0.1, 0.15) is 319 Å². The predicted molar refractivity (Wildman–Crippen MR) is 364 cm³/mol. The van der Waals surface area contributed by atoms with Crippen LogP contribution in [0.4, 0.5) is 5.82 Å². The van der Waals surface area contributed by atoms with E-state index in [2.05, 4.69) is 81.1 Å². The van der Waals surface area contributed by atoms with Crippen LogP contribution in [0, 0.1) is 5.92 Å². The van der Waals surface area contributed by atoms with Crippen molar-refractivity contribution >= 4 is 51.6 Å². The van der Waals surface area contributed by atoms with Crippen molar-refractivity contribution in [1.29, 1.82) is 0 Å². The average Bonchev–Trinajstić information content (AvgIpc) is 1.76. The average molecular weight is 1220 g/mol. The molecule has 3 rings (SSSR count). The third kappa shape index (κ3) is 36.4. The number of carbonyl (C=O) groups excluding carboxylic acids is 4. The molecule has 13 heteroatoms. The van der Waals surface area contributed by atoms with Crippen molar-refractivity contribution in [2.45, 2.75) is 344 Å². The van der Waals surface area contributed by atoms with Crippen LogP contribution in [0.3, 0.4) is 0 Å². The number of rotatable bonds is 58. The third-order valence-corrected chi connectivity index (χ3v) is 17.6. The summed E-state index contributed by atoms with van der Waals surface area (Å²) >= 11 is 0. The van der Waals surface area contributed by atoms with Gasteiger partial charge in [-0.3, -0.25) is 19.2 Å². The van der Waals surface area contributed by atoms with Crippen molar-refractivity contribution in [3.05, 3.63) is 30.6 Å². The quantitative estimate of drug-likeness (QED) is 0.0327. The highest BCUT2D eigenvalue weighted by atomic mass is 16.6. The zero-order valence-electron chi connectivity index (χ0n) is 57.2. The van der Waals surface area contributed by atoms with Gasteiger partial charge >= 0.3 is 17.9 Å². The van der Waals surface area contributed by atoms with Crippen LogP contribution in [-0.4, -0.2) is 106 Å². The maximum Gasteiger partial charge on any atom is 0.306 e. The molecule has 87 heavy (non-hydrogen) atoms. The van der Waals surface area contributed by atoms with Gasteiger partial charge in [-0.1, -0.05) is 196 Å². The Morgan fingerprint density at radius 2 is 0.828 bits per heavy atom. The SMILES string of the molecule is CCCCCC(CC)OC(=O)CCCCCCCCN(CCCCCCCCC(=O)OC(CC)CCCCC)CCCN(CCCCCCCCC(=O)OC(CC)CCCCC)CCCCCC(=O)Nc1nc2ccccc2c2c1ncn2CC(C)C. The number of hydrogen-bond acceptors (Lipinski definition) is 11. The van der Waals surface area contributed by atoms with E-state index >= 15 is 0 Å². The summed E-state index contributed by atoms with van der Waals surface area (Å²) in [6.45, 7) is 24.8. The number of fused-ring (bicyclic) bond motifs is 3. The predicted octanol–water partition coefficient (Wildman–Crippen LogP) is 19.6. The lowest BCUT2D eigenvalue weighted by molar-refractivity contribution is -0.150. The number of carbonyl (C=O) groups is 4. The standard InChI is InChI=1S/C74H130N6O7/c1-9-15-31-45-63(12-4)85-69(82)51-35-24-18-21-27-40-54-78(55-41-28-22-19-25-36-52-70(83)86-64(13-5)46-32-16-10-2)58-44-59-79(56-42-29-23-20-26-37-53-71(84)87-65(14-6)47-33-17-11-3)57-43-30-34-50-68(81)77-74-72-73(80(61-75-72)60-62(7)8)66-48-38-39-49-67(66)76-74/h38-39,48-49,61-65H,9-37,40-47,50-60H2,1-8H3,(H,76,77,81). The molecule has 0 fully saturated rings. The lowest BCUT2D eigenvalue weighted by atomic mass is 10.1. The topological polar surface area (TPSA) is 145 Å². The van der Waals surface area contributed by atoms with E-state index in [1.165, 1.54) is 109 Å². The van der Waals surface area contributed by atoms with Gasteiger partial charge in [0.15, 0.2) is 5.82 Å². The molecule has 0 bridgehead atoms. The van der Waals surface area contributed by atoms with Gasteiger partial charge in [0.2, 0.25) is 5.91 Å². The number of nitrogens with zero attached hydrogens (tertiary/aromatic N) is 5. The summed E-state index contributed by atoms with van der Waals surface area (Å²) in [4.78, 5) is 66.4. The molecule has 3 unspecified atom stereocenters. The van der Waals surface area contributed by atoms with Crippen LogP contribution < -0.4 is 5.32 Å². The van der Waals surface area contributed by atoms with Gasteiger partial charge in [0, 0.05) is 37.6 Å². The molecule has 3 aromatic rings. The van der Waals surface area contributed by atoms with Gasteiger partial charge in [0.05, 0.1) is 17.4 Å². The molecule has 0 radical (unpaired) electrons. The molecule has 1 aromatic carbocycles. The van der Waals surface area contributed by atoms with E-state index in [1.807, 2.05) is 24.5 Å². The number of unbranched alkanes of at least 4 members (excludes halogenated alkanes) is 23. The van der Waals surface area contributed by atoms with Crippen LogP contribution >= 0.6 is 0 Å². The Bertz CT molecular complexity index is 2170. The molecule has 1 amide bonds. The van der Waals surface area contributed by atoms with Gasteiger partial charge in [-0.15, -0.1) is 0 Å². The Labute approximate surface area is 531 Å². The van der Waals surface area contributed by atoms with E-state index in [0.29, 0.717) is 37.4 Å². The van der Waals surface area contributed by atoms with Crippen LogP contribution in [0.25, 0.3) is 21.9 Å². The first kappa shape index (κ1) is 77.1. The molecule has 0 aliphatic heterocycles. The Hall–Kier alpha value is -4.10. The Kier molecular flexibility index (Phi) is 44.9. The van der Waals surface area contributed by atoms with E-state index < -0.39 is 0 Å². The number of aromatic nitrogens is 3. The number of hydrogen-bond donors (Lipinski definition) is 1. The monoisotopic (exact) mass is 1220 g/mol. The first-order chi connectivity index (χ1) is 42.4. The second kappa shape index (κ2) is 50.6. The number of imidazole rings is 1. The number of esters is 3. The van der Waals surface area contributed by atoms with Crippen molar-refractivity contribution < 1.29 is 33.4 Å². The van der Waals surface area contributed by atoms with Crippen molar-refractivity contribution in [3.8, 4) is 0 Å². The molecule has 0 saturated carbocycles. The molecule has 13 nitrogen and oxygen atoms in total. The molecule has 3 atom stereocenters. The molecular weight excluding hydrogens is 1080 g/mol. The minimum Gasteiger partial charge on any atom is -0.462 e. The second-order valence-corrected chi connectivity index (χ2v) is 26.0. The lowest BCUT2D eigenvalue weighted by Crippen LogP contribution is -2.32. The maximum atomic E-state index is 13.5. The summed E-state index contributed by atoms with van der Waals surface area (Å²) in [5, 5.41) is 4.21. The molecule has 0 aliphatic rings. The van der Waals surface area contributed by atoms with Gasteiger partial charge in [0.1, 0.15) is 23.8 Å². The van der Waals surface area contributed by atoms with E-state index in [9.17, 15) is 19.2 Å². The molecule has 1 N–H and O–H groups in total. The highest BCUT2D eigenvalue weighted by molar-refractivity contribution is 6.09. The first-order valence-corrected chi connectivity index (χ1v) is 36.5. The fourth-order valence-electron chi connectivity index (χ4n) is 12.2. The minimum atomic E-state index is -0.0253. The summed E-state index contributed by atoms with van der Waals surface area (Å²) in [6.07, 6.45) is 44.6. The number of nitrogens with one attached hydrogen (secondary N) is 1. The highest BCUT2D eigenvalue weighted by Gasteiger charge is 2.19. The Morgan fingerprint density at radius 1 is 0.460 bits per heavy atom. The largest absolute Gasteiger partial charge is 0.462 e. The second-order valence-electron chi connectivity index (χ2n) is 26.0. The normalized spacial score (nSPS) is 12.9. The van der Waals surface area contributed by atoms with Crippen LogP contribution in [-0.2, 0) is 39.9 Å². The smallest absolute Gasteiger partial charge is 0.306 e. The summed E-state index contributed by atoms with van der Waals surface area (Å²) in [6, 6.07) is 8.13. The van der Waals surface area contributed by atoms with Crippen LogP contribution in [0.2, 0.25) is 0 Å². The van der Waals surface area contributed by atoms with E-state index in [-0.39, 0.29) is 42.1 Å². The third-order valence-electron chi connectivity index (χ3n) is 17.6. The fourth-order valence-corrected chi connectivity index (χ4v) is 12.2. The maximum absolute atomic E-state index is 13.5. The van der Waals surface area contributed by atoms with Crippen molar-refractivity contribution in [1.82, 2.24) is 24.3 Å². The Morgan fingerprint density at radius 3 is 1.23 bits per heavy atom. The number of amides is 1. The molecular formula is C74H130N6O7. The Balaban J connectivity index is 1.54. The lowest BCUT2D eigenvalue weighted by Gasteiger charge is -2.26. The van der Waals surface area contributed by atoms with Gasteiger partial charge in [-0.2, -0.15) is 0 Å². The van der Waals surface area contributed by atoms with E-state index in [0.717, 1.165) is 196 Å². The summed E-state index contributed by atoms with van der Waals surface area (Å²) in [5.74, 6) is 0.928. The van der Waals surface area contributed by atoms with Crippen LogP contribution in [0.15, 0.2) is 30.6 Å². The minimum absolute atomic E-state index is 0.00939. The fraction of sp³-hybridized carbons (Fsp3) is 0.811. The molecule has 2 aromatic heterocycles. The van der Waals surface area contributed by atoms with Gasteiger partial charge < -0.3 is 33.9 Å². The zero-order valence-corrected chi connectivity index (χ0v) is 57.2. The molecule has 0 saturated heterocycles. The van der Waals surface area contributed by atoms with Crippen molar-refractivity contribution in [2.75, 3.05) is 44.6 Å². The summed E-state index contributed by atoms with van der Waals surface area (Å²) in [7, 11) is 0.